The third-order valence-electron chi connectivity index (χ3n) is 1.48. The molecule has 0 aliphatic heterocycles. The van der Waals surface area contributed by atoms with Crippen LogP contribution in [0.4, 0.5) is 0 Å². The molecule has 0 aliphatic carbocycles. The Labute approximate surface area is 83.0 Å². The maximum Gasteiger partial charge on any atom is 0.0938 e. The third kappa shape index (κ3) is 2.81. The maximum atomic E-state index is 9.64. The SMILES string of the molecule is Cl.[2H]C([2H])([2H])[C@H](N)[C@H](O)c1ccccc1. The predicted octanol–water partition coefficient (Wildman–Crippen LogP) is 1.49. The lowest BCUT2D eigenvalue weighted by Gasteiger charge is -2.13. The van der Waals surface area contributed by atoms with Crippen LogP contribution in [0, 0.1) is 0 Å². The third-order valence-corrected chi connectivity index (χ3v) is 1.48. The molecule has 0 aromatic heterocycles. The molecule has 12 heavy (non-hydrogen) atoms. The number of hydrogen-bond acceptors (Lipinski definition) is 2. The van der Waals surface area contributed by atoms with Crippen molar-refractivity contribution in [2.75, 3.05) is 0 Å². The van der Waals surface area contributed by atoms with Crippen molar-refractivity contribution in [2.45, 2.75) is 19.0 Å². The van der Waals surface area contributed by atoms with Crippen LogP contribution < -0.4 is 5.73 Å². The number of nitrogens with two attached hydrogens (primary N) is 1. The highest BCUT2D eigenvalue weighted by atomic mass is 35.5. The lowest BCUT2D eigenvalue weighted by Crippen LogP contribution is -2.24. The van der Waals surface area contributed by atoms with Crippen molar-refractivity contribution >= 4 is 12.4 Å². The molecule has 3 heteroatoms. The van der Waals surface area contributed by atoms with Gasteiger partial charge in [-0.25, -0.2) is 0 Å². The molecule has 0 amide bonds. The molecule has 0 radical (unpaired) electrons. The molecular weight excluding hydrogens is 174 g/mol. The van der Waals surface area contributed by atoms with E-state index >= 15 is 0 Å². The number of benzene rings is 1. The van der Waals surface area contributed by atoms with Gasteiger partial charge in [0.1, 0.15) is 0 Å². The van der Waals surface area contributed by atoms with Crippen molar-refractivity contribution < 1.29 is 9.22 Å². The quantitative estimate of drug-likeness (QED) is 0.743. The minimum Gasteiger partial charge on any atom is -0.387 e. The average molecular weight is 191 g/mol. The van der Waals surface area contributed by atoms with Crippen molar-refractivity contribution in [2.24, 2.45) is 5.73 Å². The van der Waals surface area contributed by atoms with Crippen LogP contribution in [0.3, 0.4) is 0 Å². The van der Waals surface area contributed by atoms with Crippen LogP contribution in [0.5, 0.6) is 0 Å². The Morgan fingerprint density at radius 3 is 2.50 bits per heavy atom. The maximum absolute atomic E-state index is 9.64. The van der Waals surface area contributed by atoms with E-state index in [0.717, 1.165) is 0 Å². The van der Waals surface area contributed by atoms with Crippen molar-refractivity contribution in [3.05, 3.63) is 35.9 Å². The largest absolute Gasteiger partial charge is 0.387 e. The van der Waals surface area contributed by atoms with E-state index in [0.29, 0.717) is 5.56 Å². The van der Waals surface area contributed by atoms with Gasteiger partial charge in [-0.15, -0.1) is 12.4 Å². The zero-order valence-electron chi connectivity index (χ0n) is 9.47. The molecule has 0 spiro atoms. The minimum atomic E-state index is -2.34. The van der Waals surface area contributed by atoms with Crippen molar-refractivity contribution in [1.29, 1.82) is 0 Å². The van der Waals surface area contributed by atoms with Crippen LogP contribution in [0.1, 0.15) is 22.6 Å². The standard InChI is InChI=1S/C9H13NO.ClH/c1-7(10)9(11)8-5-3-2-4-6-8;/h2-7,9,11H,10H2,1H3;1H/t7-,9-;/m0./s1/i1D3;. The Morgan fingerprint density at radius 1 is 1.42 bits per heavy atom. The Hall–Kier alpha value is -0.570. The Bertz CT molecular complexity index is 291. The van der Waals surface area contributed by atoms with Crippen LogP contribution >= 0.6 is 12.4 Å². The highest BCUT2D eigenvalue weighted by Gasteiger charge is 2.10. The number of aliphatic hydroxyl groups excluding tert-OH is 1. The fourth-order valence-corrected chi connectivity index (χ4v) is 0.858. The van der Waals surface area contributed by atoms with Gasteiger partial charge in [-0.05, 0) is 12.4 Å². The summed E-state index contributed by atoms with van der Waals surface area (Å²) in [6.45, 7) is -2.34. The second-order valence-electron chi connectivity index (χ2n) is 2.38. The zero-order chi connectivity index (χ0) is 10.8. The van der Waals surface area contributed by atoms with E-state index < -0.39 is 19.0 Å². The number of hydrogen-bond donors (Lipinski definition) is 2. The minimum absolute atomic E-state index is 0. The van der Waals surface area contributed by atoms with Gasteiger partial charge in [0.05, 0.1) is 6.10 Å². The highest BCUT2D eigenvalue weighted by molar-refractivity contribution is 5.85. The van der Waals surface area contributed by atoms with Gasteiger partial charge in [0, 0.05) is 10.2 Å². The summed E-state index contributed by atoms with van der Waals surface area (Å²) in [5.74, 6) is 0. The van der Waals surface area contributed by atoms with Crippen LogP contribution in [-0.4, -0.2) is 11.1 Å². The number of halogens is 1. The molecule has 0 heterocycles. The second kappa shape index (κ2) is 5.14. The lowest BCUT2D eigenvalue weighted by molar-refractivity contribution is 0.153. The zero-order valence-corrected chi connectivity index (χ0v) is 7.29. The van der Waals surface area contributed by atoms with Gasteiger partial charge < -0.3 is 10.8 Å². The van der Waals surface area contributed by atoms with E-state index in [1.165, 1.54) is 0 Å². The fraction of sp³-hybridized carbons (Fsp3) is 0.333. The summed E-state index contributed by atoms with van der Waals surface area (Å²) in [6, 6.07) is 7.30. The van der Waals surface area contributed by atoms with Crippen molar-refractivity contribution in [3.8, 4) is 0 Å². The first-order valence-corrected chi connectivity index (χ1v) is 3.41. The molecule has 2 nitrogen and oxygen atoms in total. The van der Waals surface area contributed by atoms with Gasteiger partial charge in [-0.2, -0.15) is 0 Å². The molecule has 1 aromatic carbocycles. The topological polar surface area (TPSA) is 46.2 Å². The van der Waals surface area contributed by atoms with E-state index in [1.54, 1.807) is 30.3 Å². The van der Waals surface area contributed by atoms with E-state index in [1.807, 2.05) is 0 Å². The molecule has 2 atom stereocenters. The first-order chi connectivity index (χ1) is 6.43. The fourth-order valence-electron chi connectivity index (χ4n) is 0.858. The molecule has 0 saturated heterocycles. The molecule has 0 aliphatic rings. The Kier molecular flexibility index (Phi) is 2.95. The summed E-state index contributed by atoms with van der Waals surface area (Å²) >= 11 is 0. The smallest absolute Gasteiger partial charge is 0.0938 e. The second-order valence-corrected chi connectivity index (χ2v) is 2.38. The van der Waals surface area contributed by atoms with Gasteiger partial charge in [0.2, 0.25) is 0 Å². The van der Waals surface area contributed by atoms with Crippen LogP contribution in [0.2, 0.25) is 0 Å². The van der Waals surface area contributed by atoms with E-state index in [9.17, 15) is 5.11 Å². The van der Waals surface area contributed by atoms with Crippen LogP contribution in [0.25, 0.3) is 0 Å². The predicted molar refractivity (Wildman–Crippen MR) is 52.3 cm³/mol. The van der Waals surface area contributed by atoms with Crippen molar-refractivity contribution in [1.82, 2.24) is 0 Å². The molecular formula is C9H14ClNO. The molecule has 0 unspecified atom stereocenters. The summed E-state index contributed by atoms with van der Waals surface area (Å²) in [5.41, 5.74) is 5.94. The molecule has 0 saturated carbocycles. The average Bonchev–Trinajstić information content (AvgIpc) is 2.15. The summed E-state index contributed by atoms with van der Waals surface area (Å²) in [4.78, 5) is 0. The lowest BCUT2D eigenvalue weighted by atomic mass is 10.0. The molecule has 0 fully saturated rings. The summed E-state index contributed by atoms with van der Waals surface area (Å²) in [6.07, 6.45) is -1.15. The van der Waals surface area contributed by atoms with Crippen LogP contribution in [-0.2, 0) is 0 Å². The van der Waals surface area contributed by atoms with Gasteiger partial charge in [-0.1, -0.05) is 30.3 Å². The molecule has 68 valence electrons. The molecule has 1 rings (SSSR count). The van der Waals surface area contributed by atoms with Gasteiger partial charge in [0.15, 0.2) is 0 Å². The van der Waals surface area contributed by atoms with E-state index in [-0.39, 0.29) is 12.4 Å². The summed E-state index contributed by atoms with van der Waals surface area (Å²) in [7, 11) is 0. The molecule has 1 aromatic rings. The number of rotatable bonds is 2. The first-order valence-electron chi connectivity index (χ1n) is 4.91. The first kappa shape index (κ1) is 6.89. The van der Waals surface area contributed by atoms with Gasteiger partial charge in [-0.3, -0.25) is 0 Å². The Morgan fingerprint density at radius 2 is 2.00 bits per heavy atom. The highest BCUT2D eigenvalue weighted by Crippen LogP contribution is 2.13. The Balaban J connectivity index is 0.00000196. The normalized spacial score (nSPS) is 19.3. The van der Waals surface area contributed by atoms with Crippen LogP contribution in [0.15, 0.2) is 30.3 Å². The van der Waals surface area contributed by atoms with E-state index in [2.05, 4.69) is 0 Å². The molecule has 3 N–H and O–H groups in total. The van der Waals surface area contributed by atoms with Crippen molar-refractivity contribution in [3.63, 3.8) is 0 Å². The summed E-state index contributed by atoms with van der Waals surface area (Å²) in [5, 5.41) is 9.64. The van der Waals surface area contributed by atoms with E-state index in [4.69, 9.17) is 9.85 Å². The summed E-state index contributed by atoms with van der Waals surface area (Å²) < 4.78 is 21.2. The monoisotopic (exact) mass is 190 g/mol. The molecule has 0 bridgehead atoms. The number of aliphatic hydroxyl groups is 1. The van der Waals surface area contributed by atoms with Gasteiger partial charge >= 0.3 is 0 Å². The van der Waals surface area contributed by atoms with Gasteiger partial charge in [0.25, 0.3) is 0 Å².